The van der Waals surface area contributed by atoms with Gasteiger partial charge in [-0.2, -0.15) is 0 Å². The number of ether oxygens (including phenoxy) is 2. The Morgan fingerprint density at radius 2 is 0.551 bits per heavy atom. The molecule has 1 N–H and O–H groups in total. The summed E-state index contributed by atoms with van der Waals surface area (Å²) in [5.41, 5.74) is 0. The van der Waals surface area contributed by atoms with Gasteiger partial charge in [-0.15, -0.1) is 0 Å². The van der Waals surface area contributed by atoms with Crippen LogP contribution in [0.2, 0.25) is 0 Å². The number of nitrogens with zero attached hydrogens (tertiary/aromatic N) is 1. The predicted octanol–water partition coefficient (Wildman–Crippen LogP) is 26.4. The number of phosphoric acid groups is 1. The van der Waals surface area contributed by atoms with Crippen molar-refractivity contribution in [3.8, 4) is 0 Å². The minimum Gasteiger partial charge on any atom is -0.462 e. The third-order valence-electron chi connectivity index (χ3n) is 16.1. The molecule has 0 radical (unpaired) electrons. The lowest BCUT2D eigenvalue weighted by Crippen LogP contribution is -2.37. The van der Waals surface area contributed by atoms with Gasteiger partial charge in [-0.3, -0.25) is 18.6 Å². The molecule has 554 valence electrons. The molecule has 0 saturated heterocycles. The van der Waals surface area contributed by atoms with Gasteiger partial charge in [-0.05, 0) is 141 Å². The molecule has 0 bridgehead atoms. The standard InChI is InChI=1S/C88H144NO8P/c1-6-8-10-12-14-16-18-20-22-24-26-28-30-32-34-36-38-40-41-42-43-44-45-46-47-49-51-53-55-57-59-61-63-65-67-69-71-73-75-77-79-81-88(91)97-86(85-96-98(92,93)95-83-82-89(3,4)5)84-94-87(90)80-78-76-74-72-70-68-66-64-62-60-58-56-54-52-50-48-39-37-35-33-31-29-27-25-23-21-19-17-15-13-11-9-7-2/h8-11,14-17,20-23,26-29,32-35,38,40,42-43,45-46,49,51,55,57,61,63,86H,6-7,12-13,18-19,24-25,30-31,36-37,39,41,44,47-48,50,52-54,56,58-60,62,64-85H2,1-5H3/p+1/b10-8-,11-9-,16-14-,17-15-,22-20-,23-21-,28-26-,29-27-,34-32-,35-33-,40-38-,43-42-,46-45-,51-49-,57-55-,63-61-. The Morgan fingerprint density at radius 3 is 0.816 bits per heavy atom. The number of hydrogen-bond acceptors (Lipinski definition) is 7. The second-order valence-electron chi connectivity index (χ2n) is 26.6. The van der Waals surface area contributed by atoms with Crippen molar-refractivity contribution >= 4 is 19.8 Å². The highest BCUT2D eigenvalue weighted by molar-refractivity contribution is 7.47. The Hall–Kier alpha value is -5.15. The second kappa shape index (κ2) is 76.0. The third-order valence-corrected chi connectivity index (χ3v) is 17.1. The largest absolute Gasteiger partial charge is 0.472 e. The van der Waals surface area contributed by atoms with Crippen molar-refractivity contribution < 1.29 is 42.1 Å². The van der Waals surface area contributed by atoms with E-state index in [9.17, 15) is 19.0 Å². The number of rotatable bonds is 70. The zero-order valence-corrected chi connectivity index (χ0v) is 64.1. The zero-order chi connectivity index (χ0) is 71.1. The number of hydrogen-bond donors (Lipinski definition) is 1. The maximum Gasteiger partial charge on any atom is 0.472 e. The minimum atomic E-state index is -4.41. The number of phosphoric ester groups is 1. The molecule has 0 aromatic rings. The van der Waals surface area contributed by atoms with Crippen LogP contribution in [0.3, 0.4) is 0 Å². The van der Waals surface area contributed by atoms with Crippen LogP contribution in [0.5, 0.6) is 0 Å². The van der Waals surface area contributed by atoms with Crippen LogP contribution in [0.4, 0.5) is 0 Å². The predicted molar refractivity (Wildman–Crippen MR) is 426 cm³/mol. The van der Waals surface area contributed by atoms with Gasteiger partial charge in [-0.25, -0.2) is 4.57 Å². The van der Waals surface area contributed by atoms with Crippen LogP contribution < -0.4 is 0 Å². The summed E-state index contributed by atoms with van der Waals surface area (Å²) in [5, 5.41) is 0. The number of likely N-dealkylation sites (N-methyl/N-ethyl adjacent to an activating group) is 1. The number of quaternary nitrogens is 1. The lowest BCUT2D eigenvalue weighted by Gasteiger charge is -2.24. The summed E-state index contributed by atoms with van der Waals surface area (Å²) < 4.78 is 34.8. The SMILES string of the molecule is CC/C=C\C/C=C\C/C=C\C/C=C\C/C=C\C/C=C\C/C=C\C/C=C\C/C=C\C/C=C\C/C=C\CCCCCCCCCC(=O)OC(COC(=O)CCCCCCCCCCCCCCCCCCC/C=C\C/C=C\C/C=C\C/C=C\C/C=C\CC)COP(=O)(O)OCC[N+](C)(C)C. The molecule has 0 aromatic carbocycles. The summed E-state index contributed by atoms with van der Waals surface area (Å²) in [6.07, 6.45) is 118. The monoisotopic (exact) mass is 1380 g/mol. The van der Waals surface area contributed by atoms with Gasteiger partial charge in [0.2, 0.25) is 0 Å². The Morgan fingerprint density at radius 1 is 0.316 bits per heavy atom. The van der Waals surface area contributed by atoms with Crippen molar-refractivity contribution in [2.45, 2.75) is 302 Å². The molecule has 2 atom stereocenters. The molecule has 0 rings (SSSR count). The van der Waals surface area contributed by atoms with Crippen LogP contribution in [0.15, 0.2) is 194 Å². The molecule has 9 nitrogen and oxygen atoms in total. The molecule has 0 aliphatic heterocycles. The summed E-state index contributed by atoms with van der Waals surface area (Å²) >= 11 is 0. The Bertz CT molecular complexity index is 2360. The van der Waals surface area contributed by atoms with Gasteiger partial charge >= 0.3 is 19.8 Å². The van der Waals surface area contributed by atoms with Crippen molar-refractivity contribution in [1.29, 1.82) is 0 Å². The van der Waals surface area contributed by atoms with Gasteiger partial charge in [0.05, 0.1) is 27.7 Å². The average Bonchev–Trinajstić information content (AvgIpc) is 1.08. The maximum absolute atomic E-state index is 12.9. The summed E-state index contributed by atoms with van der Waals surface area (Å²) in [7, 11) is 1.45. The smallest absolute Gasteiger partial charge is 0.462 e. The van der Waals surface area contributed by atoms with Crippen LogP contribution >= 0.6 is 7.82 Å². The van der Waals surface area contributed by atoms with E-state index in [2.05, 4.69) is 208 Å². The first kappa shape index (κ1) is 92.8. The molecule has 0 aliphatic carbocycles. The summed E-state index contributed by atoms with van der Waals surface area (Å²) in [6, 6.07) is 0. The quantitative estimate of drug-likeness (QED) is 0.0211. The second-order valence-corrected chi connectivity index (χ2v) is 28.1. The highest BCUT2D eigenvalue weighted by Crippen LogP contribution is 2.43. The van der Waals surface area contributed by atoms with Crippen molar-refractivity contribution in [1.82, 2.24) is 0 Å². The normalized spacial score (nSPS) is 14.1. The summed E-state index contributed by atoms with van der Waals surface area (Å²) in [6.45, 7) is 4.19. The van der Waals surface area contributed by atoms with Crippen molar-refractivity contribution in [3.63, 3.8) is 0 Å². The van der Waals surface area contributed by atoms with Crippen LogP contribution in [-0.4, -0.2) is 74.9 Å². The fourth-order valence-electron chi connectivity index (χ4n) is 10.2. The molecule has 2 unspecified atom stereocenters. The Labute approximate surface area is 603 Å². The molecule has 98 heavy (non-hydrogen) atoms. The fourth-order valence-corrected chi connectivity index (χ4v) is 11.0. The first-order chi connectivity index (χ1) is 48.0. The highest BCUT2D eigenvalue weighted by atomic mass is 31.2. The average molecular weight is 1380 g/mol. The molecule has 0 aromatic heterocycles. The third kappa shape index (κ3) is 79.8. The van der Waals surface area contributed by atoms with Crippen molar-refractivity contribution in [2.75, 3.05) is 47.5 Å². The van der Waals surface area contributed by atoms with E-state index in [1.165, 1.54) is 116 Å². The van der Waals surface area contributed by atoms with Gasteiger partial charge in [0.1, 0.15) is 19.8 Å². The highest BCUT2D eigenvalue weighted by Gasteiger charge is 2.27. The van der Waals surface area contributed by atoms with Gasteiger partial charge in [0.15, 0.2) is 6.10 Å². The van der Waals surface area contributed by atoms with E-state index in [1.807, 2.05) is 21.1 Å². The van der Waals surface area contributed by atoms with Crippen LogP contribution in [0, 0.1) is 0 Å². The topological polar surface area (TPSA) is 108 Å². The lowest BCUT2D eigenvalue weighted by atomic mass is 10.0. The van der Waals surface area contributed by atoms with E-state index in [-0.39, 0.29) is 32.0 Å². The molecule has 0 saturated carbocycles. The number of unbranched alkanes of at least 4 members (excludes halogenated alkanes) is 24. The molecular weight excluding hydrogens is 1230 g/mol. The summed E-state index contributed by atoms with van der Waals surface area (Å²) in [4.78, 5) is 36.0. The Kier molecular flexibility index (Phi) is 72.0. The molecule has 0 heterocycles. The molecule has 10 heteroatoms. The lowest BCUT2D eigenvalue weighted by molar-refractivity contribution is -0.870. The van der Waals surface area contributed by atoms with E-state index in [4.69, 9.17) is 18.5 Å². The van der Waals surface area contributed by atoms with Gasteiger partial charge in [0, 0.05) is 12.8 Å². The van der Waals surface area contributed by atoms with Crippen LogP contribution in [-0.2, 0) is 32.7 Å². The maximum atomic E-state index is 12.9. The first-order valence-electron chi connectivity index (χ1n) is 39.2. The molecule has 0 fully saturated rings. The molecule has 0 spiro atoms. The van der Waals surface area contributed by atoms with E-state index in [1.54, 1.807) is 0 Å². The van der Waals surface area contributed by atoms with Gasteiger partial charge in [0.25, 0.3) is 0 Å². The van der Waals surface area contributed by atoms with Gasteiger partial charge in [-0.1, -0.05) is 337 Å². The van der Waals surface area contributed by atoms with Gasteiger partial charge < -0.3 is 18.9 Å². The van der Waals surface area contributed by atoms with E-state index < -0.39 is 26.5 Å². The van der Waals surface area contributed by atoms with Crippen molar-refractivity contribution in [2.24, 2.45) is 0 Å². The number of carbonyl (C=O) groups excluding carboxylic acids is 2. The van der Waals surface area contributed by atoms with Crippen LogP contribution in [0.1, 0.15) is 296 Å². The molecular formula is C88H145NO8P+. The van der Waals surface area contributed by atoms with E-state index >= 15 is 0 Å². The first-order valence-corrected chi connectivity index (χ1v) is 40.7. The minimum absolute atomic E-state index is 0.0209. The fraction of sp³-hybridized carbons (Fsp3) is 0.614. The number of carbonyl (C=O) groups is 2. The Balaban J connectivity index is 4.09. The van der Waals surface area contributed by atoms with E-state index in [0.29, 0.717) is 17.4 Å². The van der Waals surface area contributed by atoms with E-state index in [0.717, 1.165) is 148 Å². The molecule has 0 aliphatic rings. The van der Waals surface area contributed by atoms with Crippen molar-refractivity contribution in [3.05, 3.63) is 194 Å². The number of allylic oxidation sites excluding steroid dienone is 32. The van der Waals surface area contributed by atoms with Crippen LogP contribution in [0.25, 0.3) is 0 Å². The zero-order valence-electron chi connectivity index (χ0n) is 63.2. The number of esters is 2. The molecule has 0 amide bonds. The summed E-state index contributed by atoms with van der Waals surface area (Å²) in [5.74, 6) is -0.815.